The Balaban J connectivity index is 1.84. The molecule has 0 spiro atoms. The topological polar surface area (TPSA) is 76.2 Å². The molecule has 3 aromatic rings. The van der Waals surface area contributed by atoms with E-state index in [2.05, 4.69) is 6.07 Å². The third kappa shape index (κ3) is 5.15. The van der Waals surface area contributed by atoms with Gasteiger partial charge >= 0.3 is 0 Å². The average molecular weight is 443 g/mol. The number of nitrogens with zero attached hydrogens (tertiary/aromatic N) is 2. The second-order valence-electron chi connectivity index (χ2n) is 6.21. The van der Waals surface area contributed by atoms with Crippen LogP contribution in [-0.2, 0) is 6.61 Å². The molecule has 0 unspecified atom stereocenters. The summed E-state index contributed by atoms with van der Waals surface area (Å²) in [4.78, 5) is 10.3. The number of non-ortho nitro benzene ring substituents is 1. The minimum Gasteiger partial charge on any atom is -0.486 e. The Bertz CT molecular complexity index is 1150. The molecule has 0 heterocycles. The van der Waals surface area contributed by atoms with Crippen LogP contribution in [0.5, 0.6) is 5.75 Å². The van der Waals surface area contributed by atoms with Crippen LogP contribution in [0, 0.1) is 27.3 Å². The number of nitro benzene ring substituents is 1. The first kappa shape index (κ1) is 21.3. The fourth-order valence-electron chi connectivity index (χ4n) is 2.69. The van der Waals surface area contributed by atoms with E-state index in [-0.39, 0.29) is 39.5 Å². The molecule has 3 rings (SSSR count). The summed E-state index contributed by atoms with van der Waals surface area (Å²) in [5, 5.41) is 20.7. The number of hydrogen-bond donors (Lipinski definition) is 0. The normalized spacial score (nSPS) is 11.1. The van der Waals surface area contributed by atoms with Gasteiger partial charge in [-0.3, -0.25) is 10.1 Å². The summed E-state index contributed by atoms with van der Waals surface area (Å²) >= 11 is 12.6. The van der Waals surface area contributed by atoms with Gasteiger partial charge in [0.05, 0.1) is 26.6 Å². The zero-order valence-electron chi connectivity index (χ0n) is 15.3. The number of benzene rings is 3. The molecule has 150 valence electrons. The quantitative estimate of drug-likeness (QED) is 0.184. The summed E-state index contributed by atoms with van der Waals surface area (Å²) in [5.74, 6) is -0.127. The molecule has 0 saturated heterocycles. The van der Waals surface area contributed by atoms with Crippen molar-refractivity contribution in [3.05, 3.63) is 103 Å². The van der Waals surface area contributed by atoms with E-state index in [9.17, 15) is 19.8 Å². The van der Waals surface area contributed by atoms with Crippen LogP contribution in [0.15, 0.2) is 60.7 Å². The van der Waals surface area contributed by atoms with Crippen LogP contribution in [0.1, 0.15) is 16.7 Å². The highest BCUT2D eigenvalue weighted by Gasteiger charge is 2.12. The lowest BCUT2D eigenvalue weighted by molar-refractivity contribution is -0.384. The van der Waals surface area contributed by atoms with E-state index in [0.717, 1.165) is 0 Å². The molecule has 0 radical (unpaired) electrons. The molecule has 3 aromatic carbocycles. The van der Waals surface area contributed by atoms with Gasteiger partial charge < -0.3 is 4.74 Å². The van der Waals surface area contributed by atoms with E-state index < -0.39 is 4.92 Å². The van der Waals surface area contributed by atoms with Crippen LogP contribution in [-0.4, -0.2) is 4.92 Å². The molecule has 8 heteroatoms. The smallest absolute Gasteiger partial charge is 0.269 e. The molecule has 30 heavy (non-hydrogen) atoms. The minimum absolute atomic E-state index is 0.0677. The predicted molar refractivity (Wildman–Crippen MR) is 114 cm³/mol. The molecule has 0 aliphatic rings. The van der Waals surface area contributed by atoms with Crippen molar-refractivity contribution < 1.29 is 14.1 Å². The van der Waals surface area contributed by atoms with Crippen molar-refractivity contribution in [2.24, 2.45) is 0 Å². The first-order chi connectivity index (χ1) is 14.4. The first-order valence-corrected chi connectivity index (χ1v) is 9.36. The molecule has 5 nitrogen and oxygen atoms in total. The Labute approximate surface area is 181 Å². The Morgan fingerprint density at radius 1 is 1.13 bits per heavy atom. The van der Waals surface area contributed by atoms with Gasteiger partial charge in [-0.25, -0.2) is 4.39 Å². The van der Waals surface area contributed by atoms with Gasteiger partial charge in [0.15, 0.2) is 5.75 Å². The standard InChI is InChI=1S/C22H13Cl2FN2O3/c23-20-10-15(8-17(12-26)16-4-6-19(7-5-16)27(28)29)11-21(24)22(20)30-13-14-2-1-3-18(25)9-14/h1-11H,13H2/b17-8+. The van der Waals surface area contributed by atoms with Gasteiger partial charge in [0.2, 0.25) is 0 Å². The van der Waals surface area contributed by atoms with Gasteiger partial charge in [0.1, 0.15) is 12.4 Å². The van der Waals surface area contributed by atoms with Gasteiger partial charge in [0, 0.05) is 12.1 Å². The summed E-state index contributed by atoms with van der Waals surface area (Å²) in [5.41, 5.74) is 1.91. The molecule has 0 aliphatic carbocycles. The molecule has 0 fully saturated rings. The van der Waals surface area contributed by atoms with E-state index >= 15 is 0 Å². The Morgan fingerprint density at radius 2 is 1.80 bits per heavy atom. The highest BCUT2D eigenvalue weighted by atomic mass is 35.5. The van der Waals surface area contributed by atoms with Gasteiger partial charge in [-0.05, 0) is 59.2 Å². The third-order valence-corrected chi connectivity index (χ3v) is 4.67. The fraction of sp³-hybridized carbons (Fsp3) is 0.0455. The number of halogens is 3. The molecular formula is C22H13Cl2FN2O3. The van der Waals surface area contributed by atoms with Crippen LogP contribution in [0.25, 0.3) is 11.6 Å². The summed E-state index contributed by atoms with van der Waals surface area (Å²) in [6.07, 6.45) is 1.56. The van der Waals surface area contributed by atoms with Crippen molar-refractivity contribution in [3.8, 4) is 11.8 Å². The zero-order valence-corrected chi connectivity index (χ0v) is 16.8. The molecule has 0 aromatic heterocycles. The van der Waals surface area contributed by atoms with Crippen LogP contribution in [0.4, 0.5) is 10.1 Å². The molecule has 0 bridgehead atoms. The maximum absolute atomic E-state index is 13.3. The van der Waals surface area contributed by atoms with Crippen LogP contribution >= 0.6 is 23.2 Å². The Hall–Kier alpha value is -3.40. The van der Waals surface area contributed by atoms with Crippen molar-refractivity contribution in [3.63, 3.8) is 0 Å². The van der Waals surface area contributed by atoms with E-state index in [4.69, 9.17) is 27.9 Å². The fourth-order valence-corrected chi connectivity index (χ4v) is 3.31. The van der Waals surface area contributed by atoms with Crippen LogP contribution < -0.4 is 4.74 Å². The highest BCUT2D eigenvalue weighted by Crippen LogP contribution is 2.36. The second kappa shape index (κ2) is 9.40. The van der Waals surface area contributed by atoms with E-state index in [1.165, 1.54) is 36.4 Å². The number of nitriles is 1. The minimum atomic E-state index is -0.512. The van der Waals surface area contributed by atoms with Gasteiger partial charge in [-0.15, -0.1) is 0 Å². The van der Waals surface area contributed by atoms with Crippen molar-refractivity contribution in [1.82, 2.24) is 0 Å². The molecule has 0 saturated carbocycles. The maximum atomic E-state index is 13.3. The van der Waals surface area contributed by atoms with Crippen molar-refractivity contribution in [1.29, 1.82) is 5.26 Å². The first-order valence-electron chi connectivity index (χ1n) is 8.60. The number of allylic oxidation sites excluding steroid dienone is 1. The predicted octanol–water partition coefficient (Wildman–Crippen LogP) is 6.68. The van der Waals surface area contributed by atoms with Gasteiger partial charge in [-0.2, -0.15) is 5.26 Å². The van der Waals surface area contributed by atoms with Crippen molar-refractivity contribution in [2.45, 2.75) is 6.61 Å². The number of nitro groups is 1. The maximum Gasteiger partial charge on any atom is 0.269 e. The Morgan fingerprint density at radius 3 is 2.37 bits per heavy atom. The summed E-state index contributed by atoms with van der Waals surface area (Å²) in [6, 6.07) is 16.8. The lowest BCUT2D eigenvalue weighted by atomic mass is 10.0. The zero-order chi connectivity index (χ0) is 21.7. The summed E-state index contributed by atoms with van der Waals surface area (Å²) in [6.45, 7) is 0.0820. The van der Waals surface area contributed by atoms with Crippen molar-refractivity contribution >= 4 is 40.5 Å². The number of rotatable bonds is 6. The Kier molecular flexibility index (Phi) is 6.68. The SMILES string of the molecule is N#C/C(=C\c1cc(Cl)c(OCc2cccc(F)c2)c(Cl)c1)c1ccc([N+](=O)[O-])cc1. The number of ether oxygens (including phenoxy) is 1. The average Bonchev–Trinajstić information content (AvgIpc) is 2.71. The second-order valence-corrected chi connectivity index (χ2v) is 7.02. The van der Waals surface area contributed by atoms with Crippen molar-refractivity contribution in [2.75, 3.05) is 0 Å². The van der Waals surface area contributed by atoms with Gasteiger partial charge in [-0.1, -0.05) is 35.3 Å². The molecule has 0 amide bonds. The monoisotopic (exact) mass is 442 g/mol. The van der Waals surface area contributed by atoms with E-state index in [1.807, 2.05) is 0 Å². The molecule has 0 N–H and O–H groups in total. The molecule has 0 aliphatic heterocycles. The molecule has 0 atom stereocenters. The van der Waals surface area contributed by atoms with E-state index in [0.29, 0.717) is 16.7 Å². The highest BCUT2D eigenvalue weighted by molar-refractivity contribution is 6.37. The lowest BCUT2D eigenvalue weighted by Crippen LogP contribution is -1.97. The lowest BCUT2D eigenvalue weighted by Gasteiger charge is -2.11. The third-order valence-electron chi connectivity index (χ3n) is 4.11. The van der Waals surface area contributed by atoms with E-state index in [1.54, 1.807) is 30.3 Å². The van der Waals surface area contributed by atoms with Crippen LogP contribution in [0.2, 0.25) is 10.0 Å². The van der Waals surface area contributed by atoms with Crippen LogP contribution in [0.3, 0.4) is 0 Å². The number of hydrogen-bond acceptors (Lipinski definition) is 4. The largest absolute Gasteiger partial charge is 0.486 e. The summed E-state index contributed by atoms with van der Waals surface area (Å²) in [7, 11) is 0. The van der Waals surface area contributed by atoms with Gasteiger partial charge in [0.25, 0.3) is 5.69 Å². The molecular weight excluding hydrogens is 430 g/mol. The summed E-state index contributed by atoms with van der Waals surface area (Å²) < 4.78 is 18.9.